The number of hydrogen-bond acceptors (Lipinski definition) is 5. The first-order valence-corrected chi connectivity index (χ1v) is 14.4. The van der Waals surface area contributed by atoms with E-state index in [0.29, 0.717) is 25.3 Å². The molecule has 0 saturated carbocycles. The number of nitrogens with zero attached hydrogens (tertiary/aromatic N) is 2. The Morgan fingerprint density at radius 3 is 2.21 bits per heavy atom. The topological polar surface area (TPSA) is 71.5 Å². The van der Waals surface area contributed by atoms with Gasteiger partial charge in [-0.15, -0.1) is 0 Å². The molecule has 7 heteroatoms. The van der Waals surface area contributed by atoms with Crippen LogP contribution in [0.25, 0.3) is 11.1 Å². The quantitative estimate of drug-likeness (QED) is 0.131. The maximum atomic E-state index is 12.8. The molecule has 0 aliphatic carbocycles. The van der Waals surface area contributed by atoms with Crippen LogP contribution in [-0.2, 0) is 18.4 Å². The summed E-state index contributed by atoms with van der Waals surface area (Å²) in [5, 5.41) is 11.5. The highest BCUT2D eigenvalue weighted by Crippen LogP contribution is 2.25. The van der Waals surface area contributed by atoms with Crippen molar-refractivity contribution >= 4 is 29.7 Å². The van der Waals surface area contributed by atoms with Gasteiger partial charge < -0.3 is 10.0 Å². The molecule has 39 heavy (non-hydrogen) atoms. The zero-order valence-corrected chi connectivity index (χ0v) is 25.0. The van der Waals surface area contributed by atoms with Crippen LogP contribution in [0.3, 0.4) is 0 Å². The molecule has 0 bridgehead atoms. The number of aryl methyl sites for hydroxylation is 1. The Morgan fingerprint density at radius 2 is 1.59 bits per heavy atom. The van der Waals surface area contributed by atoms with Crippen molar-refractivity contribution in [2.24, 2.45) is 0 Å². The molecule has 3 N–H and O–H groups in total. The van der Waals surface area contributed by atoms with E-state index in [2.05, 4.69) is 104 Å². The highest BCUT2D eigenvalue weighted by molar-refractivity contribution is 7.98. The number of nitrogens with one attached hydrogen (secondary N) is 3. The van der Waals surface area contributed by atoms with Gasteiger partial charge in [-0.3, -0.25) is 10.3 Å². The minimum absolute atomic E-state index is 0.104. The van der Waals surface area contributed by atoms with Gasteiger partial charge in [0.2, 0.25) is 0 Å². The smallest absolute Gasteiger partial charge is 0.323 e. The minimum atomic E-state index is -0.215. The molecular weight excluding hydrogens is 502 g/mol. The van der Waals surface area contributed by atoms with E-state index in [4.69, 9.17) is 5.41 Å². The predicted molar refractivity (Wildman–Crippen MR) is 167 cm³/mol. The van der Waals surface area contributed by atoms with E-state index >= 15 is 0 Å². The fourth-order valence-electron chi connectivity index (χ4n) is 4.22. The summed E-state index contributed by atoms with van der Waals surface area (Å²) in [4.78, 5) is 14.3. The van der Waals surface area contributed by atoms with Gasteiger partial charge in [-0.25, -0.2) is 9.10 Å². The molecule has 0 spiro atoms. The minimum Gasteiger partial charge on any atom is -0.334 e. The van der Waals surface area contributed by atoms with Gasteiger partial charge in [0.1, 0.15) is 5.84 Å². The Balaban J connectivity index is 1.47. The molecule has 0 fully saturated rings. The second-order valence-corrected chi connectivity index (χ2v) is 12.1. The SMILES string of the molecule is CCN(C(=N)CCCc1ccc(-c2cccc(NSN(C)C)c2)cc1)C(=O)NCc1ccc(C(C)(C)C)cc1. The number of hydrogen-bond donors (Lipinski definition) is 3. The molecule has 0 heterocycles. The fourth-order valence-corrected chi connectivity index (χ4v) is 4.63. The van der Waals surface area contributed by atoms with Crippen molar-refractivity contribution in [2.75, 3.05) is 25.4 Å². The zero-order chi connectivity index (χ0) is 28.4. The molecule has 0 unspecified atom stereocenters. The molecule has 0 atom stereocenters. The first-order chi connectivity index (χ1) is 18.6. The summed E-state index contributed by atoms with van der Waals surface area (Å²) >= 11 is 1.55. The van der Waals surface area contributed by atoms with Crippen molar-refractivity contribution in [3.05, 3.63) is 89.5 Å². The Morgan fingerprint density at radius 1 is 0.923 bits per heavy atom. The van der Waals surface area contributed by atoms with E-state index in [-0.39, 0.29) is 11.4 Å². The number of rotatable bonds is 11. The summed E-state index contributed by atoms with van der Waals surface area (Å²) in [6, 6.07) is 25.2. The van der Waals surface area contributed by atoms with Crippen LogP contribution in [0.15, 0.2) is 72.8 Å². The Hall–Kier alpha value is -3.29. The summed E-state index contributed by atoms with van der Waals surface area (Å²) in [6.45, 7) is 9.40. The predicted octanol–water partition coefficient (Wildman–Crippen LogP) is 7.72. The van der Waals surface area contributed by atoms with E-state index in [1.807, 2.05) is 25.3 Å². The molecule has 3 aromatic carbocycles. The average molecular weight is 546 g/mol. The second kappa shape index (κ2) is 14.2. The lowest BCUT2D eigenvalue weighted by Gasteiger charge is -2.22. The van der Waals surface area contributed by atoms with Gasteiger partial charge in [-0.1, -0.05) is 81.4 Å². The number of benzene rings is 3. The highest BCUT2D eigenvalue weighted by atomic mass is 32.2. The summed E-state index contributed by atoms with van der Waals surface area (Å²) in [5.74, 6) is 0.356. The standard InChI is InChI=1S/C32H43N5OS/c1-7-37(31(38)34-23-25-16-20-28(21-17-25)32(2,3)4)30(33)13-8-10-24-14-18-26(19-15-24)27-11-9-12-29(22-27)35-39-36(5)6/h9,11-12,14-22,33,35H,7-8,10,13,23H2,1-6H3,(H,34,38). The lowest BCUT2D eigenvalue weighted by Crippen LogP contribution is -2.43. The van der Waals surface area contributed by atoms with Gasteiger partial charge in [0.05, 0.1) is 0 Å². The van der Waals surface area contributed by atoms with Crippen LogP contribution >= 0.6 is 12.1 Å². The molecule has 3 rings (SSSR count). The largest absolute Gasteiger partial charge is 0.334 e. The van der Waals surface area contributed by atoms with Crippen LogP contribution in [0.1, 0.15) is 57.2 Å². The second-order valence-electron chi connectivity index (χ2n) is 10.9. The number of amides is 2. The van der Waals surface area contributed by atoms with E-state index in [0.717, 1.165) is 24.1 Å². The zero-order valence-electron chi connectivity index (χ0n) is 24.2. The van der Waals surface area contributed by atoms with Crippen molar-refractivity contribution in [1.29, 1.82) is 5.41 Å². The number of anilines is 1. The molecule has 3 aromatic rings. The average Bonchev–Trinajstić information content (AvgIpc) is 2.91. The van der Waals surface area contributed by atoms with E-state index in [9.17, 15) is 4.79 Å². The lowest BCUT2D eigenvalue weighted by molar-refractivity contribution is 0.221. The van der Waals surface area contributed by atoms with Crippen molar-refractivity contribution in [3.63, 3.8) is 0 Å². The first-order valence-electron chi connectivity index (χ1n) is 13.6. The molecule has 2 amide bonds. The molecule has 0 saturated heterocycles. The van der Waals surface area contributed by atoms with Gasteiger partial charge >= 0.3 is 6.03 Å². The van der Waals surface area contributed by atoms with Crippen LogP contribution in [0.5, 0.6) is 0 Å². The molecule has 0 aromatic heterocycles. The fraction of sp³-hybridized carbons (Fsp3) is 0.375. The Labute approximate surface area is 239 Å². The molecule has 0 aliphatic rings. The van der Waals surface area contributed by atoms with Gasteiger partial charge in [0.15, 0.2) is 0 Å². The number of carbonyl (C=O) groups is 1. The van der Waals surface area contributed by atoms with Gasteiger partial charge in [-0.05, 0) is 79.2 Å². The van der Waals surface area contributed by atoms with Gasteiger partial charge in [-0.2, -0.15) is 0 Å². The van der Waals surface area contributed by atoms with E-state index in [1.54, 1.807) is 12.1 Å². The normalized spacial score (nSPS) is 11.4. The Kier molecular flexibility index (Phi) is 11.0. The third-order valence-corrected chi connectivity index (χ3v) is 7.22. The molecule has 6 nitrogen and oxygen atoms in total. The molecule has 0 aliphatic heterocycles. The van der Waals surface area contributed by atoms with Crippen LogP contribution in [-0.4, -0.2) is 41.7 Å². The van der Waals surface area contributed by atoms with Crippen molar-refractivity contribution in [2.45, 2.75) is 58.9 Å². The maximum absolute atomic E-state index is 12.8. The third-order valence-electron chi connectivity index (χ3n) is 6.53. The van der Waals surface area contributed by atoms with Crippen molar-refractivity contribution in [3.8, 4) is 11.1 Å². The summed E-state index contributed by atoms with van der Waals surface area (Å²) in [5.41, 5.74) is 7.07. The van der Waals surface area contributed by atoms with Crippen LogP contribution in [0.4, 0.5) is 10.5 Å². The van der Waals surface area contributed by atoms with Gasteiger partial charge in [0, 0.05) is 37.3 Å². The van der Waals surface area contributed by atoms with Crippen molar-refractivity contribution < 1.29 is 4.79 Å². The maximum Gasteiger partial charge on any atom is 0.323 e. The number of carbonyl (C=O) groups excluding carboxylic acids is 1. The monoisotopic (exact) mass is 545 g/mol. The molecule has 208 valence electrons. The third kappa shape index (κ3) is 9.44. The van der Waals surface area contributed by atoms with Crippen LogP contribution in [0.2, 0.25) is 0 Å². The van der Waals surface area contributed by atoms with E-state index in [1.165, 1.54) is 27.2 Å². The highest BCUT2D eigenvalue weighted by Gasteiger charge is 2.17. The van der Waals surface area contributed by atoms with Crippen LogP contribution in [0, 0.1) is 5.41 Å². The summed E-state index contributed by atoms with van der Waals surface area (Å²) in [6.07, 6.45) is 2.24. The van der Waals surface area contributed by atoms with Crippen molar-refractivity contribution in [1.82, 2.24) is 14.5 Å². The molecular formula is C32H43N5OS. The number of urea groups is 1. The summed E-state index contributed by atoms with van der Waals surface area (Å²) < 4.78 is 5.35. The van der Waals surface area contributed by atoms with Crippen LogP contribution < -0.4 is 10.0 Å². The number of amidine groups is 1. The molecule has 0 radical (unpaired) electrons. The van der Waals surface area contributed by atoms with E-state index < -0.39 is 0 Å². The lowest BCUT2D eigenvalue weighted by atomic mass is 9.87. The Bertz CT molecular complexity index is 1220. The first kappa shape index (κ1) is 30.3. The summed E-state index contributed by atoms with van der Waals surface area (Å²) in [7, 11) is 4.01. The van der Waals surface area contributed by atoms with Gasteiger partial charge in [0.25, 0.3) is 0 Å².